The van der Waals surface area contributed by atoms with Gasteiger partial charge in [0.1, 0.15) is 24.0 Å². The molecule has 160 valence electrons. The molecule has 1 unspecified atom stereocenters. The normalized spacial score (nSPS) is 12.3. The Morgan fingerprint density at radius 3 is 2.55 bits per heavy atom. The van der Waals surface area contributed by atoms with Crippen LogP contribution in [-0.4, -0.2) is 13.1 Å². The number of furan rings is 2. The molecule has 5 heteroatoms. The first kappa shape index (κ1) is 20.8. The summed E-state index contributed by atoms with van der Waals surface area (Å²) in [5.41, 5.74) is 2.63. The van der Waals surface area contributed by atoms with Gasteiger partial charge in [-0.15, -0.1) is 0 Å². The minimum atomic E-state index is -0.507. The van der Waals surface area contributed by atoms with E-state index in [1.807, 2.05) is 62.4 Å². The average Bonchev–Trinajstić information content (AvgIpc) is 3.39. The number of carbonyl (C=O) groups excluding carboxylic acids is 1. The van der Waals surface area contributed by atoms with E-state index in [4.69, 9.17) is 18.3 Å². The Hall–Kier alpha value is -3.47. The van der Waals surface area contributed by atoms with Crippen LogP contribution in [0.1, 0.15) is 42.4 Å². The molecule has 2 aromatic heterocycles. The van der Waals surface area contributed by atoms with Crippen molar-refractivity contribution in [3.8, 4) is 5.75 Å². The molecule has 1 atom stereocenters. The first-order chi connectivity index (χ1) is 15.0. The van der Waals surface area contributed by atoms with Crippen LogP contribution in [0.2, 0.25) is 0 Å². The number of benzene rings is 2. The lowest BCUT2D eigenvalue weighted by atomic mass is 9.93. The van der Waals surface area contributed by atoms with E-state index >= 15 is 0 Å². The Morgan fingerprint density at radius 2 is 1.81 bits per heavy atom. The Labute approximate surface area is 181 Å². The van der Waals surface area contributed by atoms with Crippen LogP contribution in [0.4, 0.5) is 0 Å². The molecule has 0 bridgehead atoms. The maximum Gasteiger partial charge on any atom is 0.317 e. The van der Waals surface area contributed by atoms with Crippen molar-refractivity contribution in [2.45, 2.75) is 32.8 Å². The van der Waals surface area contributed by atoms with Gasteiger partial charge in [0.2, 0.25) is 0 Å². The van der Waals surface area contributed by atoms with Gasteiger partial charge in [-0.25, -0.2) is 0 Å². The molecular weight excluding hydrogens is 392 g/mol. The van der Waals surface area contributed by atoms with E-state index in [2.05, 4.69) is 12.1 Å². The van der Waals surface area contributed by atoms with Gasteiger partial charge in [0.05, 0.1) is 13.4 Å². The SMILES string of the molecule is COc1cccc2cc(C(C(=O)OCc3coc(Cc4ccccc4)c3)C(C)C)oc12. The minimum Gasteiger partial charge on any atom is -0.493 e. The summed E-state index contributed by atoms with van der Waals surface area (Å²) < 4.78 is 22.7. The molecule has 0 aliphatic heterocycles. The van der Waals surface area contributed by atoms with Gasteiger partial charge < -0.3 is 18.3 Å². The zero-order chi connectivity index (χ0) is 21.8. The van der Waals surface area contributed by atoms with Gasteiger partial charge >= 0.3 is 5.97 Å². The van der Waals surface area contributed by atoms with E-state index in [0.717, 1.165) is 16.7 Å². The number of para-hydroxylation sites is 1. The van der Waals surface area contributed by atoms with Crippen molar-refractivity contribution in [2.75, 3.05) is 7.11 Å². The Morgan fingerprint density at radius 1 is 1.00 bits per heavy atom. The Balaban J connectivity index is 1.45. The van der Waals surface area contributed by atoms with E-state index in [1.165, 1.54) is 5.56 Å². The van der Waals surface area contributed by atoms with Crippen LogP contribution >= 0.6 is 0 Å². The summed E-state index contributed by atoms with van der Waals surface area (Å²) in [5.74, 6) is 1.24. The number of hydrogen-bond donors (Lipinski definition) is 0. The van der Waals surface area contributed by atoms with Crippen molar-refractivity contribution in [2.24, 2.45) is 5.92 Å². The predicted octanol–water partition coefficient (Wildman–Crippen LogP) is 6.11. The van der Waals surface area contributed by atoms with Crippen molar-refractivity contribution in [3.05, 3.63) is 89.6 Å². The summed E-state index contributed by atoms with van der Waals surface area (Å²) in [7, 11) is 1.60. The molecule has 0 aliphatic carbocycles. The summed E-state index contributed by atoms with van der Waals surface area (Å²) in [6.07, 6.45) is 2.34. The van der Waals surface area contributed by atoms with Crippen LogP contribution in [0.3, 0.4) is 0 Å². The Kier molecular flexibility index (Phi) is 6.12. The van der Waals surface area contributed by atoms with E-state index in [9.17, 15) is 4.79 Å². The average molecular weight is 418 g/mol. The van der Waals surface area contributed by atoms with Gasteiger partial charge in [0, 0.05) is 17.4 Å². The summed E-state index contributed by atoms with van der Waals surface area (Å²) in [4.78, 5) is 12.9. The highest BCUT2D eigenvalue weighted by atomic mass is 16.5. The summed E-state index contributed by atoms with van der Waals surface area (Å²) in [6, 6.07) is 19.6. The van der Waals surface area contributed by atoms with Crippen LogP contribution in [-0.2, 0) is 22.6 Å². The molecule has 0 saturated carbocycles. The van der Waals surface area contributed by atoms with Crippen LogP contribution in [0, 0.1) is 5.92 Å². The van der Waals surface area contributed by atoms with E-state index in [-0.39, 0.29) is 18.5 Å². The summed E-state index contributed by atoms with van der Waals surface area (Å²) >= 11 is 0. The van der Waals surface area contributed by atoms with Crippen molar-refractivity contribution < 1.29 is 23.1 Å². The summed E-state index contributed by atoms with van der Waals surface area (Å²) in [6.45, 7) is 4.11. The van der Waals surface area contributed by atoms with Crippen molar-refractivity contribution in [1.29, 1.82) is 0 Å². The van der Waals surface area contributed by atoms with Crippen LogP contribution in [0.25, 0.3) is 11.0 Å². The lowest BCUT2D eigenvalue weighted by Gasteiger charge is -2.17. The van der Waals surface area contributed by atoms with Crippen LogP contribution in [0.5, 0.6) is 5.75 Å². The number of fused-ring (bicyclic) bond motifs is 1. The lowest BCUT2D eigenvalue weighted by Crippen LogP contribution is -2.20. The number of methoxy groups -OCH3 is 1. The first-order valence-corrected chi connectivity index (χ1v) is 10.4. The highest BCUT2D eigenvalue weighted by Crippen LogP contribution is 2.35. The largest absolute Gasteiger partial charge is 0.493 e. The molecular formula is C26H26O5. The van der Waals surface area contributed by atoms with Crippen LogP contribution < -0.4 is 4.74 Å². The fraction of sp³-hybridized carbons (Fsp3) is 0.269. The number of carbonyl (C=O) groups is 1. The highest BCUT2D eigenvalue weighted by Gasteiger charge is 2.30. The fourth-order valence-corrected chi connectivity index (χ4v) is 3.72. The molecule has 2 heterocycles. The number of ether oxygens (including phenoxy) is 2. The van der Waals surface area contributed by atoms with Gasteiger partial charge in [-0.3, -0.25) is 4.79 Å². The van der Waals surface area contributed by atoms with E-state index < -0.39 is 5.92 Å². The summed E-state index contributed by atoms with van der Waals surface area (Å²) in [5, 5.41) is 0.896. The molecule has 2 aromatic carbocycles. The Bertz CT molecular complexity index is 1150. The standard InChI is InChI=1S/C26H26O5/c1-17(2)24(23-14-20-10-7-11-22(28-3)25(20)31-23)26(27)30-16-19-13-21(29-15-19)12-18-8-5-4-6-9-18/h4-11,13-15,17,24H,12,16H2,1-3H3. The molecule has 0 radical (unpaired) electrons. The van der Waals surface area contributed by atoms with Gasteiger partial charge in [0.15, 0.2) is 11.3 Å². The maximum atomic E-state index is 12.9. The highest BCUT2D eigenvalue weighted by molar-refractivity contribution is 5.86. The molecule has 0 aliphatic rings. The van der Waals surface area contributed by atoms with Crippen molar-refractivity contribution >= 4 is 16.9 Å². The first-order valence-electron chi connectivity index (χ1n) is 10.4. The van der Waals surface area contributed by atoms with Crippen LogP contribution in [0.15, 0.2) is 75.8 Å². The number of hydrogen-bond acceptors (Lipinski definition) is 5. The molecule has 4 aromatic rings. The second-order valence-electron chi connectivity index (χ2n) is 7.94. The second kappa shape index (κ2) is 9.13. The zero-order valence-electron chi connectivity index (χ0n) is 18.0. The molecule has 0 spiro atoms. The quantitative estimate of drug-likeness (QED) is 0.323. The molecule has 0 fully saturated rings. The molecule has 0 N–H and O–H groups in total. The van der Waals surface area contributed by atoms with Gasteiger partial charge in [-0.1, -0.05) is 56.3 Å². The minimum absolute atomic E-state index is 0.0112. The third kappa shape index (κ3) is 4.66. The molecule has 5 nitrogen and oxygen atoms in total. The van der Waals surface area contributed by atoms with Crippen molar-refractivity contribution in [3.63, 3.8) is 0 Å². The lowest BCUT2D eigenvalue weighted by molar-refractivity contribution is -0.148. The molecule has 4 rings (SSSR count). The fourth-order valence-electron chi connectivity index (χ4n) is 3.72. The number of esters is 1. The van der Waals surface area contributed by atoms with E-state index in [0.29, 0.717) is 23.5 Å². The topological polar surface area (TPSA) is 61.8 Å². The second-order valence-corrected chi connectivity index (χ2v) is 7.94. The predicted molar refractivity (Wildman–Crippen MR) is 118 cm³/mol. The molecule has 31 heavy (non-hydrogen) atoms. The van der Waals surface area contributed by atoms with Gasteiger partial charge in [-0.05, 0) is 29.7 Å². The van der Waals surface area contributed by atoms with Crippen molar-refractivity contribution in [1.82, 2.24) is 0 Å². The molecule has 0 saturated heterocycles. The maximum absolute atomic E-state index is 12.9. The number of rotatable bonds is 8. The van der Waals surface area contributed by atoms with Gasteiger partial charge in [0.25, 0.3) is 0 Å². The third-order valence-electron chi connectivity index (χ3n) is 5.28. The zero-order valence-corrected chi connectivity index (χ0v) is 18.0. The molecule has 0 amide bonds. The smallest absolute Gasteiger partial charge is 0.317 e. The third-order valence-corrected chi connectivity index (χ3v) is 5.28. The van der Waals surface area contributed by atoms with Gasteiger partial charge in [-0.2, -0.15) is 0 Å². The monoisotopic (exact) mass is 418 g/mol. The van der Waals surface area contributed by atoms with E-state index in [1.54, 1.807) is 13.4 Å².